The lowest BCUT2D eigenvalue weighted by atomic mass is 10.2. The minimum atomic E-state index is -0.164. The van der Waals surface area contributed by atoms with Crippen molar-refractivity contribution < 1.29 is 4.79 Å². The summed E-state index contributed by atoms with van der Waals surface area (Å²) in [5.41, 5.74) is 3.80. The zero-order valence-corrected chi connectivity index (χ0v) is 11.6. The summed E-state index contributed by atoms with van der Waals surface area (Å²) in [6.07, 6.45) is 3.38. The maximum absolute atomic E-state index is 12.3. The molecule has 0 fully saturated rings. The van der Waals surface area contributed by atoms with Crippen molar-refractivity contribution in [3.63, 3.8) is 0 Å². The predicted molar refractivity (Wildman–Crippen MR) is 77.1 cm³/mol. The molecule has 0 aromatic carbocycles. The fourth-order valence-electron chi connectivity index (χ4n) is 1.75. The molecule has 0 saturated heterocycles. The highest BCUT2D eigenvalue weighted by Gasteiger charge is 2.14. The van der Waals surface area contributed by atoms with Crippen LogP contribution in [-0.4, -0.2) is 27.8 Å². The largest absolute Gasteiger partial charge is 0.337 e. The van der Waals surface area contributed by atoms with Crippen LogP contribution in [0, 0.1) is 0 Å². The number of carbonyl (C=O) groups excluding carboxylic acids is 1. The maximum Gasteiger partial charge on any atom is 0.254 e. The Morgan fingerprint density at radius 2 is 2.10 bits per heavy atom. The Morgan fingerprint density at radius 1 is 1.40 bits per heavy atom. The highest BCUT2D eigenvalue weighted by molar-refractivity contribution is 6.29. The molecular formula is C13H14ClN5O. The first-order valence-corrected chi connectivity index (χ1v) is 6.26. The normalized spacial score (nSPS) is 10.2. The summed E-state index contributed by atoms with van der Waals surface area (Å²) >= 11 is 5.85. The molecule has 0 bridgehead atoms. The van der Waals surface area contributed by atoms with Crippen molar-refractivity contribution in [3.05, 3.63) is 52.9 Å². The minimum Gasteiger partial charge on any atom is -0.337 e. The molecule has 2 aromatic rings. The number of hydrazine groups is 1. The first-order valence-electron chi connectivity index (χ1n) is 5.88. The molecule has 0 spiro atoms. The zero-order chi connectivity index (χ0) is 14.5. The molecule has 20 heavy (non-hydrogen) atoms. The van der Waals surface area contributed by atoms with E-state index in [2.05, 4.69) is 15.4 Å². The Balaban J connectivity index is 2.16. The molecule has 0 aliphatic carbocycles. The summed E-state index contributed by atoms with van der Waals surface area (Å²) in [7, 11) is 1.71. The van der Waals surface area contributed by atoms with Crippen molar-refractivity contribution in [2.24, 2.45) is 5.84 Å². The van der Waals surface area contributed by atoms with Gasteiger partial charge in [0.1, 0.15) is 11.0 Å². The average Bonchev–Trinajstić information content (AvgIpc) is 2.46. The molecule has 7 heteroatoms. The Hall–Kier alpha value is -2.18. The first kappa shape index (κ1) is 14.2. The molecule has 6 nitrogen and oxygen atoms in total. The third-order valence-electron chi connectivity index (χ3n) is 2.70. The number of rotatable bonds is 4. The number of hydrogen-bond donors (Lipinski definition) is 2. The summed E-state index contributed by atoms with van der Waals surface area (Å²) in [4.78, 5) is 21.8. The van der Waals surface area contributed by atoms with Crippen LogP contribution in [0.3, 0.4) is 0 Å². The van der Waals surface area contributed by atoms with E-state index in [0.29, 0.717) is 17.9 Å². The molecule has 1 amide bonds. The van der Waals surface area contributed by atoms with Crippen LogP contribution < -0.4 is 11.3 Å². The van der Waals surface area contributed by atoms with Crippen LogP contribution in [0.4, 0.5) is 5.82 Å². The highest BCUT2D eigenvalue weighted by atomic mass is 35.5. The van der Waals surface area contributed by atoms with E-state index in [1.807, 2.05) is 12.1 Å². The van der Waals surface area contributed by atoms with Gasteiger partial charge in [0.2, 0.25) is 0 Å². The molecule has 0 unspecified atom stereocenters. The Labute approximate surface area is 121 Å². The van der Waals surface area contributed by atoms with Gasteiger partial charge in [-0.3, -0.25) is 9.78 Å². The van der Waals surface area contributed by atoms with Gasteiger partial charge in [0, 0.05) is 31.5 Å². The van der Waals surface area contributed by atoms with E-state index >= 15 is 0 Å². The van der Waals surface area contributed by atoms with Gasteiger partial charge in [0.05, 0.1) is 0 Å². The number of aromatic nitrogens is 2. The van der Waals surface area contributed by atoms with Crippen LogP contribution in [0.2, 0.25) is 5.15 Å². The van der Waals surface area contributed by atoms with Gasteiger partial charge < -0.3 is 10.3 Å². The van der Waals surface area contributed by atoms with E-state index in [-0.39, 0.29) is 11.1 Å². The van der Waals surface area contributed by atoms with Crippen molar-refractivity contribution in [2.45, 2.75) is 6.54 Å². The van der Waals surface area contributed by atoms with Crippen molar-refractivity contribution >= 4 is 23.3 Å². The number of nitrogens with zero attached hydrogens (tertiary/aromatic N) is 3. The number of carbonyl (C=O) groups is 1. The summed E-state index contributed by atoms with van der Waals surface area (Å²) in [6.45, 7) is 0.479. The molecule has 2 rings (SSSR count). The quantitative estimate of drug-likeness (QED) is 0.509. The van der Waals surface area contributed by atoms with E-state index < -0.39 is 0 Å². The lowest BCUT2D eigenvalue weighted by molar-refractivity contribution is 0.0785. The number of anilines is 1. The number of halogens is 1. The van der Waals surface area contributed by atoms with Crippen molar-refractivity contribution in [2.75, 3.05) is 12.5 Å². The highest BCUT2D eigenvalue weighted by Crippen LogP contribution is 2.16. The number of amides is 1. The van der Waals surface area contributed by atoms with Gasteiger partial charge in [-0.15, -0.1) is 0 Å². The van der Waals surface area contributed by atoms with E-state index in [1.54, 1.807) is 30.4 Å². The number of nitrogens with one attached hydrogen (secondary N) is 1. The lowest BCUT2D eigenvalue weighted by Crippen LogP contribution is -2.26. The smallest absolute Gasteiger partial charge is 0.254 e. The third-order valence-corrected chi connectivity index (χ3v) is 2.90. The fourth-order valence-corrected chi connectivity index (χ4v) is 1.96. The maximum atomic E-state index is 12.3. The third kappa shape index (κ3) is 3.43. The van der Waals surface area contributed by atoms with Gasteiger partial charge >= 0.3 is 0 Å². The number of nitrogen functional groups attached to an aromatic ring is 1. The number of hydrogen-bond acceptors (Lipinski definition) is 5. The molecule has 0 radical (unpaired) electrons. The van der Waals surface area contributed by atoms with Gasteiger partial charge in [-0.25, -0.2) is 10.8 Å². The molecule has 0 saturated carbocycles. The van der Waals surface area contributed by atoms with Gasteiger partial charge in [0.25, 0.3) is 5.91 Å². The van der Waals surface area contributed by atoms with Crippen LogP contribution in [0.25, 0.3) is 0 Å². The van der Waals surface area contributed by atoms with Crippen LogP contribution >= 0.6 is 11.6 Å². The Morgan fingerprint density at radius 3 is 2.75 bits per heavy atom. The van der Waals surface area contributed by atoms with Crippen LogP contribution in [-0.2, 0) is 6.54 Å². The number of nitrogens with two attached hydrogens (primary N) is 1. The second kappa shape index (κ2) is 6.31. The van der Waals surface area contributed by atoms with Gasteiger partial charge in [-0.2, -0.15) is 0 Å². The Bertz CT molecular complexity index is 605. The predicted octanol–water partition coefficient (Wildman–Crippen LogP) is 1.69. The fraction of sp³-hybridized carbons (Fsp3) is 0.154. The van der Waals surface area contributed by atoms with Crippen molar-refractivity contribution in [1.82, 2.24) is 14.9 Å². The van der Waals surface area contributed by atoms with Gasteiger partial charge in [-0.1, -0.05) is 11.6 Å². The van der Waals surface area contributed by atoms with Crippen LogP contribution in [0.5, 0.6) is 0 Å². The molecule has 3 N–H and O–H groups in total. The Kier molecular flexibility index (Phi) is 4.49. The lowest BCUT2D eigenvalue weighted by Gasteiger charge is -2.17. The SMILES string of the molecule is CN(Cc1ccncc1)C(=O)c1cc(Cl)nc(NN)c1. The molecular weight excluding hydrogens is 278 g/mol. The summed E-state index contributed by atoms with van der Waals surface area (Å²) < 4.78 is 0. The second-order valence-corrected chi connectivity index (χ2v) is 4.61. The van der Waals surface area contributed by atoms with Gasteiger partial charge in [-0.05, 0) is 29.8 Å². The average molecular weight is 292 g/mol. The summed E-state index contributed by atoms with van der Waals surface area (Å²) in [6, 6.07) is 6.78. The summed E-state index contributed by atoms with van der Waals surface area (Å²) in [5.74, 6) is 5.47. The monoisotopic (exact) mass is 291 g/mol. The minimum absolute atomic E-state index is 0.164. The topological polar surface area (TPSA) is 84.1 Å². The molecule has 2 aromatic heterocycles. The van der Waals surface area contributed by atoms with Crippen LogP contribution in [0.1, 0.15) is 15.9 Å². The van der Waals surface area contributed by atoms with E-state index in [0.717, 1.165) is 5.56 Å². The first-order chi connectivity index (χ1) is 9.60. The molecule has 0 aliphatic heterocycles. The second-order valence-electron chi connectivity index (χ2n) is 4.22. The van der Waals surface area contributed by atoms with E-state index in [1.165, 1.54) is 6.07 Å². The molecule has 2 heterocycles. The standard InChI is InChI=1S/C13H14ClN5O/c1-19(8-9-2-4-16-5-3-9)13(20)10-6-11(14)17-12(7-10)18-15/h2-7H,8,15H2,1H3,(H,17,18). The molecule has 0 aliphatic rings. The van der Waals surface area contributed by atoms with E-state index in [9.17, 15) is 4.79 Å². The van der Waals surface area contributed by atoms with Gasteiger partial charge in [0.15, 0.2) is 0 Å². The zero-order valence-electron chi connectivity index (χ0n) is 10.9. The molecule has 0 atom stereocenters. The van der Waals surface area contributed by atoms with E-state index in [4.69, 9.17) is 17.4 Å². The van der Waals surface area contributed by atoms with Crippen molar-refractivity contribution in [3.8, 4) is 0 Å². The molecule has 104 valence electrons. The summed E-state index contributed by atoms with van der Waals surface area (Å²) in [5, 5.41) is 0.209. The number of pyridine rings is 2. The van der Waals surface area contributed by atoms with Crippen LogP contribution in [0.15, 0.2) is 36.7 Å². The van der Waals surface area contributed by atoms with Crippen molar-refractivity contribution in [1.29, 1.82) is 0 Å².